The summed E-state index contributed by atoms with van der Waals surface area (Å²) in [6.45, 7) is 5.42. The number of fused-ring (bicyclic) bond motifs is 1. The lowest BCUT2D eigenvalue weighted by Crippen LogP contribution is -2.49. The van der Waals surface area contributed by atoms with Gasteiger partial charge in [0.2, 0.25) is 0 Å². The summed E-state index contributed by atoms with van der Waals surface area (Å²) < 4.78 is 0. The molecule has 3 heterocycles. The van der Waals surface area contributed by atoms with Gasteiger partial charge in [-0.25, -0.2) is 9.78 Å². The minimum absolute atomic E-state index is 0.121. The lowest BCUT2D eigenvalue weighted by molar-refractivity contribution is 0.193. The average Bonchev–Trinajstić information content (AvgIpc) is 3.20. The summed E-state index contributed by atoms with van der Waals surface area (Å²) in [7, 11) is 0. The average molecular weight is 311 g/mol. The molecule has 0 saturated carbocycles. The number of nitrogens with zero attached hydrogens (tertiary/aromatic N) is 3. The fraction of sp³-hybridized carbons (Fsp3) is 0.412. The van der Waals surface area contributed by atoms with Crippen LogP contribution in [0.15, 0.2) is 30.5 Å². The zero-order valence-electron chi connectivity index (χ0n) is 13.2. The van der Waals surface area contributed by atoms with Crippen LogP contribution in [0.1, 0.15) is 12.6 Å². The summed E-state index contributed by atoms with van der Waals surface area (Å²) in [5.41, 5.74) is 3.12. The van der Waals surface area contributed by atoms with Gasteiger partial charge in [0, 0.05) is 49.3 Å². The zero-order chi connectivity index (χ0) is 15.8. The van der Waals surface area contributed by atoms with Crippen molar-refractivity contribution in [2.75, 3.05) is 31.1 Å². The summed E-state index contributed by atoms with van der Waals surface area (Å²) in [6, 6.07) is 8.47. The number of hydrogen-bond acceptors (Lipinski definition) is 3. The lowest BCUT2D eigenvalue weighted by atomic mass is 10.2. The highest BCUT2D eigenvalue weighted by Gasteiger charge is 2.38. The number of nitrogens with one attached hydrogen (secondary N) is 2. The zero-order valence-corrected chi connectivity index (χ0v) is 13.2. The number of anilines is 1. The van der Waals surface area contributed by atoms with Crippen LogP contribution in [0.2, 0.25) is 0 Å². The number of carbonyl (C=O) groups is 1. The Morgan fingerprint density at radius 3 is 2.83 bits per heavy atom. The number of aromatic nitrogens is 2. The molecule has 23 heavy (non-hydrogen) atoms. The van der Waals surface area contributed by atoms with Crippen LogP contribution in [0.3, 0.4) is 0 Å². The Morgan fingerprint density at radius 1 is 1.30 bits per heavy atom. The topological polar surface area (TPSA) is 64.3 Å². The maximum absolute atomic E-state index is 12.5. The molecule has 1 aromatic carbocycles. The first-order valence-electron chi connectivity index (χ1n) is 8.19. The summed E-state index contributed by atoms with van der Waals surface area (Å²) in [5.74, 6) is 0.878. The van der Waals surface area contributed by atoms with Gasteiger partial charge in [0.05, 0.1) is 6.04 Å². The van der Waals surface area contributed by atoms with Crippen LogP contribution in [0.5, 0.6) is 0 Å². The minimum Gasteiger partial charge on any atom is -0.342 e. The fourth-order valence-corrected chi connectivity index (χ4v) is 3.32. The molecule has 0 bridgehead atoms. The van der Waals surface area contributed by atoms with Crippen molar-refractivity contribution in [3.05, 3.63) is 36.2 Å². The molecule has 0 radical (unpaired) electrons. The molecule has 2 fully saturated rings. The summed E-state index contributed by atoms with van der Waals surface area (Å²) >= 11 is 0. The van der Waals surface area contributed by atoms with Crippen LogP contribution >= 0.6 is 0 Å². The molecule has 1 aromatic heterocycles. The minimum atomic E-state index is 0.121. The Labute approximate surface area is 135 Å². The standard InChI is InChI=1S/C17H21N5O/c1-2-13-9-19-16(20-13)12-3-5-14(6-4-12)22-11-15-10-18-7-8-21(15)17(22)23/h3-6,9,15,18H,2,7-8,10-11H2,1H3,(H,19,20)/t15-/m0/s1. The third-order valence-electron chi connectivity index (χ3n) is 4.68. The first kappa shape index (κ1) is 14.3. The van der Waals surface area contributed by atoms with Crippen molar-refractivity contribution in [2.45, 2.75) is 19.4 Å². The van der Waals surface area contributed by atoms with E-state index in [4.69, 9.17) is 0 Å². The number of imidazole rings is 1. The quantitative estimate of drug-likeness (QED) is 0.909. The van der Waals surface area contributed by atoms with Crippen molar-refractivity contribution in [1.29, 1.82) is 0 Å². The van der Waals surface area contributed by atoms with Gasteiger partial charge < -0.3 is 15.2 Å². The highest BCUT2D eigenvalue weighted by Crippen LogP contribution is 2.27. The molecule has 4 rings (SSSR count). The van der Waals surface area contributed by atoms with Crippen molar-refractivity contribution < 1.29 is 4.79 Å². The fourth-order valence-electron chi connectivity index (χ4n) is 3.32. The Bertz CT molecular complexity index is 708. The Balaban J connectivity index is 1.55. The van der Waals surface area contributed by atoms with Gasteiger partial charge in [0.15, 0.2) is 0 Å². The number of carbonyl (C=O) groups excluding carboxylic acids is 1. The van der Waals surface area contributed by atoms with Crippen LogP contribution in [0.4, 0.5) is 10.5 Å². The highest BCUT2D eigenvalue weighted by molar-refractivity contribution is 5.95. The number of aryl methyl sites for hydroxylation is 1. The maximum Gasteiger partial charge on any atom is 0.324 e. The molecule has 0 spiro atoms. The van der Waals surface area contributed by atoms with Gasteiger partial charge in [0.1, 0.15) is 5.82 Å². The normalized spacial score (nSPS) is 20.9. The first-order valence-corrected chi connectivity index (χ1v) is 8.19. The van der Waals surface area contributed by atoms with E-state index >= 15 is 0 Å². The van der Waals surface area contributed by atoms with Crippen LogP contribution in [-0.4, -0.2) is 53.1 Å². The number of piperazine rings is 1. The third kappa shape index (κ3) is 2.49. The monoisotopic (exact) mass is 311 g/mol. The van der Waals surface area contributed by atoms with E-state index in [0.717, 1.165) is 55.4 Å². The van der Waals surface area contributed by atoms with Crippen molar-refractivity contribution >= 4 is 11.7 Å². The van der Waals surface area contributed by atoms with Gasteiger partial charge in [-0.2, -0.15) is 0 Å². The third-order valence-corrected chi connectivity index (χ3v) is 4.68. The smallest absolute Gasteiger partial charge is 0.324 e. The number of H-pyrrole nitrogens is 1. The number of rotatable bonds is 3. The number of benzene rings is 1. The van der Waals surface area contributed by atoms with Crippen molar-refractivity contribution in [3.63, 3.8) is 0 Å². The molecule has 0 aliphatic carbocycles. The van der Waals surface area contributed by atoms with E-state index in [1.165, 1.54) is 0 Å². The van der Waals surface area contributed by atoms with E-state index in [1.54, 1.807) is 0 Å². The van der Waals surface area contributed by atoms with Gasteiger partial charge in [-0.1, -0.05) is 6.92 Å². The van der Waals surface area contributed by atoms with E-state index < -0.39 is 0 Å². The summed E-state index contributed by atoms with van der Waals surface area (Å²) in [6.07, 6.45) is 2.82. The van der Waals surface area contributed by atoms with Gasteiger partial charge >= 0.3 is 6.03 Å². The predicted molar refractivity (Wildman–Crippen MR) is 89.5 cm³/mol. The highest BCUT2D eigenvalue weighted by atomic mass is 16.2. The molecule has 6 heteroatoms. The van der Waals surface area contributed by atoms with Gasteiger partial charge in [0.25, 0.3) is 0 Å². The molecule has 2 N–H and O–H groups in total. The SMILES string of the molecule is CCc1cnc(-c2ccc(N3C[C@@H]4CNCCN4C3=O)cc2)[nH]1. The van der Waals surface area contributed by atoms with Crippen molar-refractivity contribution in [1.82, 2.24) is 20.2 Å². The maximum atomic E-state index is 12.5. The van der Waals surface area contributed by atoms with E-state index in [-0.39, 0.29) is 12.1 Å². The second-order valence-electron chi connectivity index (χ2n) is 6.10. The van der Waals surface area contributed by atoms with E-state index in [0.29, 0.717) is 0 Å². The molecular formula is C17H21N5O. The second kappa shape index (κ2) is 5.70. The Morgan fingerprint density at radius 2 is 2.13 bits per heavy atom. The van der Waals surface area contributed by atoms with Crippen molar-refractivity contribution in [2.24, 2.45) is 0 Å². The second-order valence-corrected chi connectivity index (χ2v) is 6.10. The van der Waals surface area contributed by atoms with Crippen molar-refractivity contribution in [3.8, 4) is 11.4 Å². The number of urea groups is 1. The van der Waals surface area contributed by atoms with Gasteiger partial charge in [-0.3, -0.25) is 4.90 Å². The number of amides is 2. The van der Waals surface area contributed by atoms with E-state index in [2.05, 4.69) is 22.2 Å². The van der Waals surface area contributed by atoms with Crippen LogP contribution in [0.25, 0.3) is 11.4 Å². The summed E-state index contributed by atoms with van der Waals surface area (Å²) in [5, 5.41) is 3.35. The molecule has 2 aliphatic heterocycles. The molecule has 2 aromatic rings. The predicted octanol–water partition coefficient (Wildman–Crippen LogP) is 1.85. The van der Waals surface area contributed by atoms with E-state index in [9.17, 15) is 4.79 Å². The lowest BCUT2D eigenvalue weighted by Gasteiger charge is -2.28. The number of hydrogen-bond donors (Lipinski definition) is 2. The molecule has 0 unspecified atom stereocenters. The van der Waals surface area contributed by atoms with Gasteiger partial charge in [-0.05, 0) is 30.7 Å². The molecule has 2 aliphatic rings. The largest absolute Gasteiger partial charge is 0.342 e. The molecule has 1 atom stereocenters. The summed E-state index contributed by atoms with van der Waals surface area (Å²) in [4.78, 5) is 24.1. The molecule has 120 valence electrons. The van der Waals surface area contributed by atoms with E-state index in [1.807, 2.05) is 40.3 Å². The first-order chi connectivity index (χ1) is 11.3. The van der Waals surface area contributed by atoms with Crippen LogP contribution in [0, 0.1) is 0 Å². The van der Waals surface area contributed by atoms with Crippen LogP contribution < -0.4 is 10.2 Å². The number of aromatic amines is 1. The molecule has 2 saturated heterocycles. The molecule has 2 amide bonds. The molecule has 6 nitrogen and oxygen atoms in total. The Kier molecular flexibility index (Phi) is 3.53. The molecular weight excluding hydrogens is 290 g/mol. The Hall–Kier alpha value is -2.34. The van der Waals surface area contributed by atoms with Gasteiger partial charge in [-0.15, -0.1) is 0 Å². The van der Waals surface area contributed by atoms with Crippen LogP contribution in [-0.2, 0) is 6.42 Å².